The van der Waals surface area contributed by atoms with Crippen LogP contribution in [0.5, 0.6) is 0 Å². The largest absolute Gasteiger partial charge is 0.543 e. The highest BCUT2D eigenvalue weighted by molar-refractivity contribution is 14.1. The van der Waals surface area contributed by atoms with Crippen molar-refractivity contribution in [2.75, 3.05) is 7.05 Å². The molecule has 1 aromatic rings. The molecule has 114 valence electrons. The lowest BCUT2D eigenvalue weighted by atomic mass is 9.61. The van der Waals surface area contributed by atoms with Crippen molar-refractivity contribution in [3.05, 3.63) is 35.9 Å². The molecule has 0 aliphatic carbocycles. The number of rotatable bonds is 3. The second-order valence-electron chi connectivity index (χ2n) is 6.81. The van der Waals surface area contributed by atoms with Crippen LogP contribution < -0.4 is 0 Å². The Bertz CT molecular complexity index is 528. The molecule has 0 aromatic heterocycles. The molecule has 1 aromatic carbocycles. The average molecular weight is 400 g/mol. The summed E-state index contributed by atoms with van der Waals surface area (Å²) in [6.45, 7) is 10.5. The highest BCUT2D eigenvalue weighted by Crippen LogP contribution is 2.43. The van der Waals surface area contributed by atoms with Crippen molar-refractivity contribution in [2.45, 2.75) is 51.3 Å². The number of benzene rings is 1. The van der Waals surface area contributed by atoms with Crippen molar-refractivity contribution >= 4 is 33.9 Å². The predicted molar refractivity (Wildman–Crippen MR) is 96.1 cm³/mol. The molecule has 0 spiro atoms. The van der Waals surface area contributed by atoms with E-state index in [2.05, 4.69) is 93.1 Å². The Morgan fingerprint density at radius 3 is 2.00 bits per heavy atom. The molecule has 5 heteroatoms. The Hall–Kier alpha value is -0.395. The van der Waals surface area contributed by atoms with Crippen molar-refractivity contribution in [3.8, 4) is 0 Å². The molecule has 0 amide bonds. The molecular formula is C16H24BINO2+. The molecule has 0 bridgehead atoms. The Balaban J connectivity index is 2.50. The summed E-state index contributed by atoms with van der Waals surface area (Å²) in [6, 6.07) is 10.4. The van der Waals surface area contributed by atoms with E-state index < -0.39 is 0 Å². The minimum absolute atomic E-state index is 0.332. The third-order valence-corrected chi connectivity index (χ3v) is 5.79. The minimum Gasteiger partial charge on any atom is -0.398 e. The molecule has 0 saturated carbocycles. The molecule has 1 heterocycles. The first kappa shape index (κ1) is 17.0. The summed E-state index contributed by atoms with van der Waals surface area (Å²) in [5, 5.41) is 0. The molecule has 3 nitrogen and oxygen atoms in total. The number of halogens is 1. The molecule has 0 radical (unpaired) electrons. The summed E-state index contributed by atoms with van der Waals surface area (Å²) < 4.78 is 16.8. The van der Waals surface area contributed by atoms with E-state index in [9.17, 15) is 0 Å². The third-order valence-electron chi connectivity index (χ3n) is 4.95. The second-order valence-corrected chi connectivity index (χ2v) is 7.37. The average Bonchev–Trinajstić information content (AvgIpc) is 2.67. The lowest BCUT2D eigenvalue weighted by Gasteiger charge is -2.32. The van der Waals surface area contributed by atoms with Crippen LogP contribution in [-0.4, -0.2) is 34.2 Å². The summed E-state index contributed by atoms with van der Waals surface area (Å²) in [5.74, 6) is 0. The van der Waals surface area contributed by atoms with Gasteiger partial charge in [0, 0.05) is 35.1 Å². The lowest BCUT2D eigenvalue weighted by molar-refractivity contribution is -0.560. The van der Waals surface area contributed by atoms with Gasteiger partial charge in [-0.3, -0.25) is 0 Å². The van der Waals surface area contributed by atoms with Crippen LogP contribution in [0.4, 0.5) is 0 Å². The van der Waals surface area contributed by atoms with Gasteiger partial charge in [0.1, 0.15) is 7.05 Å². The van der Waals surface area contributed by atoms with Gasteiger partial charge in [0.25, 0.3) is 0 Å². The van der Waals surface area contributed by atoms with Gasteiger partial charge >= 0.3 is 7.12 Å². The lowest BCUT2D eigenvalue weighted by Crippen LogP contribution is -2.50. The van der Waals surface area contributed by atoms with E-state index in [1.807, 2.05) is 10.3 Å². The number of nitrogens with zero attached hydrogens (tertiary/aromatic N) is 1. The van der Waals surface area contributed by atoms with Crippen molar-refractivity contribution in [1.82, 2.24) is 0 Å². The molecule has 21 heavy (non-hydrogen) atoms. The molecule has 1 saturated heterocycles. The van der Waals surface area contributed by atoms with E-state index in [1.165, 1.54) is 5.56 Å². The predicted octanol–water partition coefficient (Wildman–Crippen LogP) is 3.64. The molecule has 1 atom stereocenters. The summed E-state index contributed by atoms with van der Waals surface area (Å²) in [4.78, 5) is 0. The Labute approximate surface area is 142 Å². The SMILES string of the molecule is C/[N+](=C\I)[C@@](C)(B1OC(C)(C)C(C)(C)O1)c1ccccc1. The van der Waals surface area contributed by atoms with Crippen molar-refractivity contribution in [3.63, 3.8) is 0 Å². The van der Waals surface area contributed by atoms with Crippen LogP contribution in [0.15, 0.2) is 30.3 Å². The first-order valence-corrected chi connectivity index (χ1v) is 8.47. The standard InChI is InChI=1S/C16H24BINO2/c1-14(2)15(3,4)21-17(20-14)16(5,19(6)12-18)13-10-8-7-9-11-13/h7-12H,1-6H3/q+1/b19-12+/t16-/m1/s1. The molecule has 1 aliphatic heterocycles. The van der Waals surface area contributed by atoms with E-state index in [4.69, 9.17) is 9.31 Å². The molecule has 0 unspecified atom stereocenters. The van der Waals surface area contributed by atoms with Crippen LogP contribution in [0.25, 0.3) is 0 Å². The van der Waals surface area contributed by atoms with Gasteiger partial charge in [-0.25, -0.2) is 4.58 Å². The van der Waals surface area contributed by atoms with E-state index in [0.29, 0.717) is 0 Å². The first-order chi connectivity index (χ1) is 9.65. The molecule has 2 rings (SSSR count). The fourth-order valence-electron chi connectivity index (χ4n) is 2.46. The normalized spacial score (nSPS) is 24.0. The number of hydrogen-bond acceptors (Lipinski definition) is 2. The van der Waals surface area contributed by atoms with Crippen molar-refractivity contribution in [1.29, 1.82) is 0 Å². The highest BCUT2D eigenvalue weighted by atomic mass is 127. The van der Waals surface area contributed by atoms with Gasteiger partial charge in [-0.2, -0.15) is 0 Å². The van der Waals surface area contributed by atoms with Crippen LogP contribution in [0, 0.1) is 0 Å². The molecule has 1 aliphatic rings. The fraction of sp³-hybridized carbons (Fsp3) is 0.562. The topological polar surface area (TPSA) is 21.5 Å². The zero-order chi connectivity index (χ0) is 15.9. The van der Waals surface area contributed by atoms with E-state index >= 15 is 0 Å². The molecular weight excluding hydrogens is 376 g/mol. The second kappa shape index (κ2) is 5.67. The fourth-order valence-corrected chi connectivity index (χ4v) is 3.03. The summed E-state index contributed by atoms with van der Waals surface area (Å²) in [5.41, 5.74) is 0.131. The van der Waals surface area contributed by atoms with Gasteiger partial charge in [-0.1, -0.05) is 30.3 Å². The van der Waals surface area contributed by atoms with Crippen LogP contribution in [0.2, 0.25) is 0 Å². The molecule has 1 fully saturated rings. The monoisotopic (exact) mass is 400 g/mol. The van der Waals surface area contributed by atoms with E-state index in [1.54, 1.807) is 0 Å². The van der Waals surface area contributed by atoms with Gasteiger partial charge in [0.05, 0.1) is 11.2 Å². The van der Waals surface area contributed by atoms with Crippen LogP contribution in [0.1, 0.15) is 40.2 Å². The Kier molecular flexibility index (Phi) is 4.58. The minimum atomic E-state index is -0.381. The van der Waals surface area contributed by atoms with Gasteiger partial charge in [-0.15, -0.1) is 0 Å². The maximum absolute atomic E-state index is 6.32. The van der Waals surface area contributed by atoms with Crippen LogP contribution >= 0.6 is 22.6 Å². The van der Waals surface area contributed by atoms with Gasteiger partial charge < -0.3 is 9.31 Å². The third kappa shape index (κ3) is 2.80. The molecule has 0 N–H and O–H groups in total. The zero-order valence-corrected chi connectivity index (χ0v) is 15.8. The summed E-state index contributed by atoms with van der Waals surface area (Å²) in [6.07, 6.45) is 0. The number of hydrogen-bond donors (Lipinski definition) is 0. The van der Waals surface area contributed by atoms with E-state index in [-0.39, 0.29) is 23.8 Å². The van der Waals surface area contributed by atoms with Gasteiger partial charge in [0.15, 0.2) is 4.22 Å². The van der Waals surface area contributed by atoms with Gasteiger partial charge in [0.2, 0.25) is 5.44 Å². The first-order valence-electron chi connectivity index (χ1n) is 7.23. The Morgan fingerprint density at radius 1 is 1.10 bits per heavy atom. The Morgan fingerprint density at radius 2 is 1.57 bits per heavy atom. The van der Waals surface area contributed by atoms with Gasteiger partial charge in [-0.05, 0) is 27.7 Å². The van der Waals surface area contributed by atoms with Crippen molar-refractivity contribution in [2.24, 2.45) is 0 Å². The quantitative estimate of drug-likeness (QED) is 0.335. The maximum Gasteiger partial charge on any atom is 0.543 e. The summed E-state index contributed by atoms with van der Waals surface area (Å²) in [7, 11) is 1.73. The smallest absolute Gasteiger partial charge is 0.398 e. The maximum atomic E-state index is 6.32. The van der Waals surface area contributed by atoms with Crippen molar-refractivity contribution < 1.29 is 13.9 Å². The van der Waals surface area contributed by atoms with Crippen LogP contribution in [0.3, 0.4) is 0 Å². The van der Waals surface area contributed by atoms with E-state index in [0.717, 1.165) is 0 Å². The van der Waals surface area contributed by atoms with Crippen LogP contribution in [-0.2, 0) is 14.7 Å². The zero-order valence-electron chi connectivity index (χ0n) is 13.7. The highest BCUT2D eigenvalue weighted by Gasteiger charge is 2.63. The summed E-state index contributed by atoms with van der Waals surface area (Å²) >= 11 is 2.26.